The van der Waals surface area contributed by atoms with Gasteiger partial charge in [0, 0.05) is 4.91 Å². The average molecular weight is 145 g/mol. The summed E-state index contributed by atoms with van der Waals surface area (Å²) in [6, 6.07) is -0.699. The van der Waals surface area contributed by atoms with Crippen LogP contribution in [-0.4, -0.2) is 29.0 Å². The van der Waals surface area contributed by atoms with Gasteiger partial charge in [0.1, 0.15) is 0 Å². The van der Waals surface area contributed by atoms with Gasteiger partial charge in [-0.3, -0.25) is 0 Å². The molecule has 0 rings (SSSR count). The Kier molecular flexibility index (Phi) is 4.66. The maximum atomic E-state index is 9.02. The van der Waals surface area contributed by atoms with Gasteiger partial charge in [-0.15, -0.1) is 0 Å². The van der Waals surface area contributed by atoms with Crippen LogP contribution in [0.5, 0.6) is 0 Å². The fourth-order valence-electron chi connectivity index (χ4n) is 0.574. The van der Waals surface area contributed by atoms with Crippen LogP contribution in [-0.2, 0) is 0 Å². The lowest BCUT2D eigenvalue weighted by atomic mass is 10.1. The van der Waals surface area contributed by atoms with Gasteiger partial charge >= 0.3 is 0 Å². The van der Waals surface area contributed by atoms with Crippen molar-refractivity contribution in [3.63, 3.8) is 0 Å². The molecule has 0 aliphatic heterocycles. The molecule has 5 heteroatoms. The normalized spacial score (nSPS) is 15.5. The summed E-state index contributed by atoms with van der Waals surface area (Å²) in [5.41, 5.74) is 7.95. The first-order chi connectivity index (χ1) is 4.76. The zero-order valence-corrected chi connectivity index (χ0v) is 5.80. The van der Waals surface area contributed by atoms with Gasteiger partial charge in [-0.1, -0.05) is 12.0 Å². The van der Waals surface area contributed by atoms with Crippen molar-refractivity contribution in [2.45, 2.75) is 25.5 Å². The first-order valence-electron chi connectivity index (χ1n) is 3.09. The summed E-state index contributed by atoms with van der Waals surface area (Å²) in [5, 5.41) is 20.8. The van der Waals surface area contributed by atoms with Gasteiger partial charge < -0.3 is 10.2 Å². The number of aliphatic hydroxyl groups is 2. The zero-order valence-electron chi connectivity index (χ0n) is 5.80. The molecule has 0 aromatic rings. The molecule has 0 spiro atoms. The minimum Gasteiger partial charge on any atom is -0.396 e. The number of nitrogens with zero attached hydrogens (tertiary/aromatic N) is 3. The van der Waals surface area contributed by atoms with Crippen molar-refractivity contribution in [1.29, 1.82) is 0 Å². The van der Waals surface area contributed by atoms with Crippen LogP contribution >= 0.6 is 0 Å². The lowest BCUT2D eigenvalue weighted by molar-refractivity contribution is 0.106. The number of hydrogen-bond acceptors (Lipinski definition) is 3. The highest BCUT2D eigenvalue weighted by molar-refractivity contribution is 4.73. The molecule has 0 aliphatic carbocycles. The van der Waals surface area contributed by atoms with Gasteiger partial charge in [0.15, 0.2) is 0 Å². The van der Waals surface area contributed by atoms with E-state index in [1.54, 1.807) is 6.92 Å². The van der Waals surface area contributed by atoms with Crippen molar-refractivity contribution in [2.75, 3.05) is 6.61 Å². The van der Waals surface area contributed by atoms with Gasteiger partial charge in [-0.05, 0) is 12.0 Å². The molecule has 0 amide bonds. The molecule has 58 valence electrons. The van der Waals surface area contributed by atoms with E-state index in [-0.39, 0.29) is 6.61 Å². The molecule has 0 unspecified atom stereocenters. The number of hydrogen-bond donors (Lipinski definition) is 2. The molecule has 0 radical (unpaired) electrons. The number of aliphatic hydroxyl groups excluding tert-OH is 2. The SMILES string of the molecule is CC[C@H](O)[C@@H](CO)N=[N+]=[N-]. The molecule has 2 atom stereocenters. The molecule has 0 heterocycles. The minimum absolute atomic E-state index is 0.306. The molecular formula is C5H11N3O2. The van der Waals surface area contributed by atoms with E-state index in [0.717, 1.165) is 0 Å². The van der Waals surface area contributed by atoms with E-state index in [9.17, 15) is 0 Å². The zero-order chi connectivity index (χ0) is 7.98. The van der Waals surface area contributed by atoms with Crippen LogP contribution in [0.2, 0.25) is 0 Å². The summed E-state index contributed by atoms with van der Waals surface area (Å²) in [7, 11) is 0. The monoisotopic (exact) mass is 145 g/mol. The summed E-state index contributed by atoms with van der Waals surface area (Å²) in [6.45, 7) is 1.44. The van der Waals surface area contributed by atoms with Gasteiger partial charge in [0.25, 0.3) is 0 Å². The summed E-state index contributed by atoms with van der Waals surface area (Å²) in [5.74, 6) is 0. The maximum Gasteiger partial charge on any atom is 0.0864 e. The first kappa shape index (κ1) is 9.23. The highest BCUT2D eigenvalue weighted by atomic mass is 16.3. The predicted molar refractivity (Wildman–Crippen MR) is 36.3 cm³/mol. The fourth-order valence-corrected chi connectivity index (χ4v) is 0.574. The van der Waals surface area contributed by atoms with E-state index in [1.165, 1.54) is 0 Å². The van der Waals surface area contributed by atoms with Crippen molar-refractivity contribution >= 4 is 0 Å². The Labute approximate surface area is 58.9 Å². The van der Waals surface area contributed by atoms with Gasteiger partial charge in [-0.25, -0.2) is 0 Å². The van der Waals surface area contributed by atoms with E-state index in [1.807, 2.05) is 0 Å². The fraction of sp³-hybridized carbons (Fsp3) is 1.00. The Morgan fingerprint density at radius 2 is 2.30 bits per heavy atom. The molecule has 0 fully saturated rings. The van der Waals surface area contributed by atoms with E-state index in [4.69, 9.17) is 15.7 Å². The highest BCUT2D eigenvalue weighted by Gasteiger charge is 2.13. The molecular weight excluding hydrogens is 134 g/mol. The van der Waals surface area contributed by atoms with Crippen LogP contribution in [0.3, 0.4) is 0 Å². The lowest BCUT2D eigenvalue weighted by Crippen LogP contribution is -2.26. The summed E-state index contributed by atoms with van der Waals surface area (Å²) < 4.78 is 0. The minimum atomic E-state index is -0.735. The molecule has 0 saturated heterocycles. The van der Waals surface area contributed by atoms with Crippen LogP contribution in [0.4, 0.5) is 0 Å². The third kappa shape index (κ3) is 2.68. The molecule has 0 aromatic carbocycles. The van der Waals surface area contributed by atoms with E-state index in [2.05, 4.69) is 10.0 Å². The van der Waals surface area contributed by atoms with Crippen molar-refractivity contribution < 1.29 is 10.2 Å². The summed E-state index contributed by atoms with van der Waals surface area (Å²) in [4.78, 5) is 2.48. The largest absolute Gasteiger partial charge is 0.396 e. The Balaban J connectivity index is 3.91. The summed E-state index contributed by atoms with van der Waals surface area (Å²) >= 11 is 0. The second-order valence-corrected chi connectivity index (χ2v) is 1.93. The van der Waals surface area contributed by atoms with Crippen LogP contribution in [0, 0.1) is 0 Å². The first-order valence-corrected chi connectivity index (χ1v) is 3.09. The van der Waals surface area contributed by atoms with E-state index < -0.39 is 12.1 Å². The molecule has 0 aliphatic rings. The highest BCUT2D eigenvalue weighted by Crippen LogP contribution is 2.01. The third-order valence-electron chi connectivity index (χ3n) is 1.25. The Morgan fingerprint density at radius 3 is 2.60 bits per heavy atom. The molecule has 0 bridgehead atoms. The number of azide groups is 1. The average Bonchev–Trinajstić information content (AvgIpc) is 1.99. The van der Waals surface area contributed by atoms with E-state index >= 15 is 0 Å². The topological polar surface area (TPSA) is 89.2 Å². The van der Waals surface area contributed by atoms with Crippen LogP contribution < -0.4 is 0 Å². The maximum absolute atomic E-state index is 9.02. The quantitative estimate of drug-likeness (QED) is 0.341. The van der Waals surface area contributed by atoms with Crippen LogP contribution in [0.15, 0.2) is 5.11 Å². The Bertz CT molecular complexity index is 133. The third-order valence-corrected chi connectivity index (χ3v) is 1.25. The molecule has 0 saturated carbocycles. The second-order valence-electron chi connectivity index (χ2n) is 1.93. The van der Waals surface area contributed by atoms with Gasteiger partial charge in [-0.2, -0.15) is 0 Å². The lowest BCUT2D eigenvalue weighted by Gasteiger charge is -2.12. The smallest absolute Gasteiger partial charge is 0.0864 e. The van der Waals surface area contributed by atoms with Crippen molar-refractivity contribution in [3.05, 3.63) is 10.4 Å². The van der Waals surface area contributed by atoms with Crippen LogP contribution in [0.25, 0.3) is 10.4 Å². The second kappa shape index (κ2) is 5.05. The van der Waals surface area contributed by atoms with Crippen molar-refractivity contribution in [2.24, 2.45) is 5.11 Å². The number of rotatable bonds is 4. The van der Waals surface area contributed by atoms with Gasteiger partial charge in [0.05, 0.1) is 18.8 Å². The molecule has 5 nitrogen and oxygen atoms in total. The predicted octanol–water partition coefficient (Wildman–Crippen LogP) is 0.428. The molecule has 0 aromatic heterocycles. The summed E-state index contributed by atoms with van der Waals surface area (Å²) in [6.07, 6.45) is -0.259. The molecule has 2 N–H and O–H groups in total. The van der Waals surface area contributed by atoms with Crippen LogP contribution in [0.1, 0.15) is 13.3 Å². The molecule has 10 heavy (non-hydrogen) atoms. The van der Waals surface area contributed by atoms with Gasteiger partial charge in [0.2, 0.25) is 0 Å². The Morgan fingerprint density at radius 1 is 1.70 bits per heavy atom. The van der Waals surface area contributed by atoms with Crippen molar-refractivity contribution in [1.82, 2.24) is 0 Å². The Hall–Kier alpha value is -0.770. The van der Waals surface area contributed by atoms with Crippen molar-refractivity contribution in [3.8, 4) is 0 Å². The van der Waals surface area contributed by atoms with E-state index in [0.29, 0.717) is 6.42 Å². The standard InChI is InChI=1S/C5H11N3O2/c1-2-5(10)4(3-9)7-8-6/h4-5,9-10H,2-3H2,1H3/t4-,5+/m1/s1.